The lowest BCUT2D eigenvalue weighted by molar-refractivity contribution is -0.160. The second-order valence-corrected chi connectivity index (χ2v) is 9.77. The molecule has 9 nitrogen and oxygen atoms in total. The lowest BCUT2D eigenvalue weighted by Crippen LogP contribution is -2.27. The van der Waals surface area contributed by atoms with Gasteiger partial charge in [0, 0.05) is 11.9 Å². The van der Waals surface area contributed by atoms with Crippen molar-refractivity contribution in [2.24, 2.45) is 0 Å². The number of ether oxygens (including phenoxy) is 2. The summed E-state index contributed by atoms with van der Waals surface area (Å²) in [4.78, 5) is 28.9. The topological polar surface area (TPSA) is 119 Å². The maximum Gasteiger partial charge on any atom is 0.332 e. The number of rotatable bonds is 9. The van der Waals surface area contributed by atoms with E-state index in [0.717, 1.165) is 5.56 Å². The second-order valence-electron chi connectivity index (χ2n) is 9.77. The average molecular weight is 530 g/mol. The molecule has 0 fully saturated rings. The number of carbonyl (C=O) groups excluding carboxylic acids is 1. The Morgan fingerprint density at radius 3 is 2.46 bits per heavy atom. The highest BCUT2D eigenvalue weighted by Gasteiger charge is 2.18. The number of carbonyl (C=O) groups is 1. The van der Waals surface area contributed by atoms with Crippen LogP contribution >= 0.6 is 0 Å². The van der Waals surface area contributed by atoms with Crippen LogP contribution in [0.4, 0.5) is 10.2 Å². The first-order chi connectivity index (χ1) is 18.6. The minimum Gasteiger partial charge on any atom is -0.458 e. The first kappa shape index (κ1) is 27.4. The molecule has 0 aliphatic rings. The van der Waals surface area contributed by atoms with E-state index in [9.17, 15) is 9.59 Å². The third-order valence-corrected chi connectivity index (χ3v) is 5.58. The van der Waals surface area contributed by atoms with Gasteiger partial charge in [-0.1, -0.05) is 30.3 Å². The lowest BCUT2D eigenvalue weighted by Gasteiger charge is -2.19. The zero-order valence-corrected chi connectivity index (χ0v) is 21.9. The van der Waals surface area contributed by atoms with Crippen molar-refractivity contribution in [2.75, 3.05) is 25.1 Å². The number of nitrogens with one attached hydrogen (secondary N) is 1. The van der Waals surface area contributed by atoms with Crippen LogP contribution in [0, 0.1) is 17.3 Å². The minimum absolute atomic E-state index is 0.145. The Bertz CT molecular complexity index is 1590. The molecule has 4 rings (SSSR count). The summed E-state index contributed by atoms with van der Waals surface area (Å²) < 4.78 is 27.0. The second kappa shape index (κ2) is 11.8. The average Bonchev–Trinajstić information content (AvgIpc) is 2.90. The molecular formula is C29H28FN5O4. The fourth-order valence-electron chi connectivity index (χ4n) is 3.89. The van der Waals surface area contributed by atoms with Gasteiger partial charge in [0.2, 0.25) is 5.95 Å². The number of nitrogens with zero attached hydrogens (tertiary/aromatic N) is 4. The fraction of sp³-hybridized carbons (Fsp3) is 0.276. The Kier molecular flexibility index (Phi) is 8.32. The number of pyridine rings is 1. The van der Waals surface area contributed by atoms with E-state index in [1.807, 2.05) is 0 Å². The molecule has 0 unspecified atom stereocenters. The van der Waals surface area contributed by atoms with Gasteiger partial charge in [0.1, 0.15) is 23.7 Å². The summed E-state index contributed by atoms with van der Waals surface area (Å²) >= 11 is 0. The molecule has 0 radical (unpaired) electrons. The molecule has 2 aromatic carbocycles. The van der Waals surface area contributed by atoms with Crippen molar-refractivity contribution in [3.8, 4) is 17.3 Å². The van der Waals surface area contributed by atoms with Gasteiger partial charge in [-0.25, -0.2) is 14.5 Å². The first-order valence-corrected chi connectivity index (χ1v) is 12.3. The molecular weight excluding hydrogens is 501 g/mol. The highest BCUT2D eigenvalue weighted by molar-refractivity contribution is 5.93. The molecule has 1 N–H and O–H groups in total. The fourth-order valence-corrected chi connectivity index (χ4v) is 3.89. The van der Waals surface area contributed by atoms with Gasteiger partial charge in [-0.2, -0.15) is 14.8 Å². The third-order valence-electron chi connectivity index (χ3n) is 5.58. The molecule has 0 atom stereocenters. The predicted molar refractivity (Wildman–Crippen MR) is 145 cm³/mol. The molecule has 4 aromatic rings. The summed E-state index contributed by atoms with van der Waals surface area (Å²) in [6, 6.07) is 19.0. The summed E-state index contributed by atoms with van der Waals surface area (Å²) in [6.07, 6.45) is 0. The Balaban J connectivity index is 1.51. The van der Waals surface area contributed by atoms with E-state index < -0.39 is 17.5 Å². The molecule has 200 valence electrons. The Morgan fingerprint density at radius 1 is 1.08 bits per heavy atom. The zero-order valence-electron chi connectivity index (χ0n) is 21.9. The molecule has 10 heteroatoms. The Hall–Kier alpha value is -4.62. The van der Waals surface area contributed by atoms with Crippen molar-refractivity contribution in [2.45, 2.75) is 32.9 Å². The third kappa shape index (κ3) is 7.03. The van der Waals surface area contributed by atoms with E-state index in [4.69, 9.17) is 14.7 Å². The van der Waals surface area contributed by atoms with Crippen molar-refractivity contribution in [1.29, 1.82) is 5.26 Å². The van der Waals surface area contributed by atoms with E-state index in [-0.39, 0.29) is 42.4 Å². The van der Waals surface area contributed by atoms with Gasteiger partial charge in [-0.15, -0.1) is 0 Å². The van der Waals surface area contributed by atoms with Crippen LogP contribution in [0.1, 0.15) is 31.9 Å². The Labute approximate surface area is 224 Å². The minimum atomic E-state index is -0.754. The van der Waals surface area contributed by atoms with Crippen molar-refractivity contribution in [3.05, 3.63) is 88.1 Å². The smallest absolute Gasteiger partial charge is 0.332 e. The molecule has 0 saturated carbocycles. The van der Waals surface area contributed by atoms with Gasteiger partial charge in [0.25, 0.3) is 5.56 Å². The largest absolute Gasteiger partial charge is 0.458 e. The van der Waals surface area contributed by atoms with Crippen LogP contribution < -0.4 is 10.9 Å². The van der Waals surface area contributed by atoms with E-state index in [1.165, 1.54) is 4.68 Å². The van der Waals surface area contributed by atoms with Gasteiger partial charge in [0.05, 0.1) is 35.7 Å². The molecule has 2 aromatic heterocycles. The highest BCUT2D eigenvalue weighted by atomic mass is 19.1. The van der Waals surface area contributed by atoms with E-state index in [0.29, 0.717) is 22.9 Å². The van der Waals surface area contributed by atoms with Crippen molar-refractivity contribution < 1.29 is 18.7 Å². The lowest BCUT2D eigenvalue weighted by atomic mass is 10.1. The van der Waals surface area contributed by atoms with Gasteiger partial charge in [-0.3, -0.25) is 4.79 Å². The predicted octanol–water partition coefficient (Wildman–Crippen LogP) is 4.29. The van der Waals surface area contributed by atoms with Crippen LogP contribution in [-0.4, -0.2) is 46.1 Å². The number of hydrogen-bond acceptors (Lipinski definition) is 8. The molecule has 2 heterocycles. The standard InChI is InChI=1S/C29H28FN5O4/c1-29(2,3)39-25(36)18-38-15-14-32-24-13-12-23(27(30)33-24)26-21-6-4-5-7-22(21)28(37)35(34-26)17-20-10-8-19(16-31)9-11-20/h4-13H,14-15,17-18H2,1-3H3,(H,32,33). The maximum absolute atomic E-state index is 15.2. The van der Waals surface area contributed by atoms with E-state index in [2.05, 4.69) is 21.5 Å². The Morgan fingerprint density at radius 2 is 1.79 bits per heavy atom. The molecule has 0 aliphatic carbocycles. The summed E-state index contributed by atoms with van der Waals surface area (Å²) in [5.74, 6) is -0.931. The van der Waals surface area contributed by atoms with Crippen LogP contribution in [0.5, 0.6) is 0 Å². The molecule has 0 amide bonds. The number of anilines is 1. The molecule has 0 spiro atoms. The van der Waals surface area contributed by atoms with Crippen molar-refractivity contribution in [1.82, 2.24) is 14.8 Å². The summed E-state index contributed by atoms with van der Waals surface area (Å²) in [5, 5.41) is 17.4. The van der Waals surface area contributed by atoms with Crippen LogP contribution in [0.15, 0.2) is 65.5 Å². The molecule has 0 aliphatic heterocycles. The number of aromatic nitrogens is 3. The van der Waals surface area contributed by atoms with Gasteiger partial charge < -0.3 is 14.8 Å². The zero-order chi connectivity index (χ0) is 28.0. The number of fused-ring (bicyclic) bond motifs is 1. The summed E-state index contributed by atoms with van der Waals surface area (Å²) in [7, 11) is 0. The van der Waals surface area contributed by atoms with Gasteiger partial charge in [0.15, 0.2) is 0 Å². The van der Waals surface area contributed by atoms with Crippen LogP contribution in [-0.2, 0) is 20.8 Å². The quantitative estimate of drug-likeness (QED) is 0.194. The van der Waals surface area contributed by atoms with Crippen LogP contribution in [0.25, 0.3) is 22.0 Å². The highest BCUT2D eigenvalue weighted by Crippen LogP contribution is 2.27. The van der Waals surface area contributed by atoms with E-state index in [1.54, 1.807) is 81.4 Å². The molecule has 0 saturated heterocycles. The van der Waals surface area contributed by atoms with Gasteiger partial charge >= 0.3 is 5.97 Å². The monoisotopic (exact) mass is 529 g/mol. The van der Waals surface area contributed by atoms with Crippen LogP contribution in [0.2, 0.25) is 0 Å². The number of nitriles is 1. The van der Waals surface area contributed by atoms with Crippen LogP contribution in [0.3, 0.4) is 0 Å². The maximum atomic E-state index is 15.2. The van der Waals surface area contributed by atoms with E-state index >= 15 is 4.39 Å². The summed E-state index contributed by atoms with van der Waals surface area (Å²) in [5.41, 5.74) is 0.824. The summed E-state index contributed by atoms with van der Waals surface area (Å²) in [6.45, 7) is 5.79. The molecule has 39 heavy (non-hydrogen) atoms. The number of hydrogen-bond donors (Lipinski definition) is 1. The number of halogens is 1. The normalized spacial score (nSPS) is 11.3. The van der Waals surface area contributed by atoms with Crippen molar-refractivity contribution in [3.63, 3.8) is 0 Å². The first-order valence-electron chi connectivity index (χ1n) is 12.3. The number of benzene rings is 2. The number of esters is 1. The molecule has 0 bridgehead atoms. The van der Waals surface area contributed by atoms with Gasteiger partial charge in [-0.05, 0) is 56.7 Å². The SMILES string of the molecule is CC(C)(C)OC(=O)COCCNc1ccc(-c2nn(Cc3ccc(C#N)cc3)c(=O)c3ccccc23)c(F)n1. The van der Waals surface area contributed by atoms with Crippen molar-refractivity contribution >= 4 is 22.6 Å².